The van der Waals surface area contributed by atoms with Crippen LogP contribution in [0.15, 0.2) is 78.0 Å². The van der Waals surface area contributed by atoms with Gasteiger partial charge in [-0.2, -0.15) is 0 Å². The zero-order valence-corrected chi connectivity index (χ0v) is 20.2. The molecule has 2 aliphatic rings. The van der Waals surface area contributed by atoms with Crippen molar-refractivity contribution in [1.82, 2.24) is 9.55 Å². The van der Waals surface area contributed by atoms with Gasteiger partial charge in [0.1, 0.15) is 0 Å². The molecule has 2 heterocycles. The highest BCUT2D eigenvalue weighted by Crippen LogP contribution is 2.47. The summed E-state index contributed by atoms with van der Waals surface area (Å²) >= 11 is 6.69. The molecule has 6 nitrogen and oxygen atoms in total. The quantitative estimate of drug-likeness (QED) is 0.377. The maximum atomic E-state index is 13.8. The molecule has 35 heavy (non-hydrogen) atoms. The topological polar surface area (TPSA) is 65.4 Å². The molecule has 7 heteroatoms. The Morgan fingerprint density at radius 1 is 0.971 bits per heavy atom. The second-order valence-electron chi connectivity index (χ2n) is 8.88. The summed E-state index contributed by atoms with van der Waals surface area (Å²) < 4.78 is 13.0. The van der Waals surface area contributed by atoms with E-state index in [9.17, 15) is 4.79 Å². The highest BCUT2D eigenvalue weighted by atomic mass is 35.5. The number of anilines is 1. The lowest BCUT2D eigenvalue weighted by Gasteiger charge is -2.36. The third-order valence-electron chi connectivity index (χ3n) is 6.98. The number of ketones is 1. The molecule has 1 aliphatic heterocycles. The maximum Gasteiger partial charge on any atom is 0.209 e. The number of carbonyl (C=O) groups is 1. The van der Waals surface area contributed by atoms with E-state index in [1.807, 2.05) is 66.7 Å². The molecule has 0 spiro atoms. The first-order valence-electron chi connectivity index (χ1n) is 11.6. The van der Waals surface area contributed by atoms with Crippen LogP contribution in [0.1, 0.15) is 35.9 Å². The Morgan fingerprint density at radius 2 is 1.74 bits per heavy atom. The summed E-state index contributed by atoms with van der Waals surface area (Å²) in [6.45, 7) is 0. The van der Waals surface area contributed by atoms with Gasteiger partial charge < -0.3 is 14.8 Å². The normalized spacial score (nSPS) is 19.2. The van der Waals surface area contributed by atoms with Crippen LogP contribution in [0.4, 0.5) is 5.95 Å². The third-order valence-corrected chi connectivity index (χ3v) is 7.32. The number of Topliss-reactive ketones (excluding diaryl/α,β-unsaturated/α-hetero) is 1. The minimum atomic E-state index is -0.346. The number of halogens is 1. The minimum Gasteiger partial charge on any atom is -0.493 e. The van der Waals surface area contributed by atoms with Crippen LogP contribution < -0.4 is 14.8 Å². The number of imidazole rings is 1. The number of fused-ring (bicyclic) bond motifs is 3. The summed E-state index contributed by atoms with van der Waals surface area (Å²) in [5, 5.41) is 4.13. The summed E-state index contributed by atoms with van der Waals surface area (Å²) in [5.74, 6) is 2.16. The van der Waals surface area contributed by atoms with Crippen molar-refractivity contribution in [1.29, 1.82) is 0 Å². The lowest BCUT2D eigenvalue weighted by Crippen LogP contribution is -2.33. The zero-order chi connectivity index (χ0) is 24.1. The number of nitrogens with zero attached hydrogens (tertiary/aromatic N) is 2. The highest BCUT2D eigenvalue weighted by Gasteiger charge is 2.40. The van der Waals surface area contributed by atoms with Gasteiger partial charge in [0.05, 0.1) is 31.3 Å². The fourth-order valence-corrected chi connectivity index (χ4v) is 5.60. The molecule has 1 N–H and O–H groups in total. The molecule has 1 aliphatic carbocycles. The van der Waals surface area contributed by atoms with Crippen molar-refractivity contribution in [3.8, 4) is 11.5 Å². The molecule has 0 bridgehead atoms. The summed E-state index contributed by atoms with van der Waals surface area (Å²) in [6, 6.07) is 21.2. The molecule has 2 unspecified atom stereocenters. The Labute approximate surface area is 208 Å². The van der Waals surface area contributed by atoms with Gasteiger partial charge >= 0.3 is 0 Å². The molecule has 2 atom stereocenters. The maximum absolute atomic E-state index is 13.8. The van der Waals surface area contributed by atoms with Crippen LogP contribution in [0, 0.1) is 0 Å². The molecular formula is C28H24ClN3O3. The van der Waals surface area contributed by atoms with Crippen molar-refractivity contribution < 1.29 is 14.3 Å². The van der Waals surface area contributed by atoms with Crippen molar-refractivity contribution in [2.45, 2.75) is 24.8 Å². The summed E-state index contributed by atoms with van der Waals surface area (Å²) in [5.41, 5.74) is 5.42. The largest absolute Gasteiger partial charge is 0.493 e. The van der Waals surface area contributed by atoms with Crippen LogP contribution in [-0.4, -0.2) is 29.6 Å². The van der Waals surface area contributed by atoms with E-state index in [1.165, 1.54) is 0 Å². The van der Waals surface area contributed by atoms with Crippen molar-refractivity contribution in [2.75, 3.05) is 19.5 Å². The molecular weight excluding hydrogens is 462 g/mol. The van der Waals surface area contributed by atoms with Gasteiger partial charge in [-0.15, -0.1) is 0 Å². The SMILES string of the molecule is COc1ccc(C2CC(=O)C3=C(C2)Nc2nc4ccccc4n2C3c2ccccc2Cl)cc1OC. The molecule has 0 radical (unpaired) electrons. The fourth-order valence-electron chi connectivity index (χ4n) is 5.36. The lowest BCUT2D eigenvalue weighted by atomic mass is 9.77. The van der Waals surface area contributed by atoms with Gasteiger partial charge in [0.2, 0.25) is 5.95 Å². The second-order valence-corrected chi connectivity index (χ2v) is 9.29. The van der Waals surface area contributed by atoms with Crippen molar-refractivity contribution >= 4 is 34.4 Å². The smallest absolute Gasteiger partial charge is 0.209 e. The average molecular weight is 486 g/mol. The first-order chi connectivity index (χ1) is 17.1. The van der Waals surface area contributed by atoms with E-state index in [0.29, 0.717) is 29.4 Å². The highest BCUT2D eigenvalue weighted by molar-refractivity contribution is 6.31. The minimum absolute atomic E-state index is 0.0105. The number of benzene rings is 3. The first kappa shape index (κ1) is 21.7. The number of aromatic nitrogens is 2. The van der Waals surface area contributed by atoms with Crippen LogP contribution >= 0.6 is 11.6 Å². The predicted octanol–water partition coefficient (Wildman–Crippen LogP) is 6.12. The Kier molecular flexibility index (Phi) is 5.26. The Balaban J connectivity index is 1.49. The van der Waals surface area contributed by atoms with Crippen LogP contribution in [-0.2, 0) is 4.79 Å². The number of ether oxygens (including phenoxy) is 2. The van der Waals surface area contributed by atoms with Gasteiger partial charge in [0, 0.05) is 22.7 Å². The summed E-state index contributed by atoms with van der Waals surface area (Å²) in [7, 11) is 3.24. The number of nitrogens with one attached hydrogen (secondary N) is 1. The third kappa shape index (κ3) is 3.48. The van der Waals surface area contributed by atoms with Gasteiger partial charge in [-0.05, 0) is 53.8 Å². The van der Waals surface area contributed by atoms with Crippen LogP contribution in [0.2, 0.25) is 5.02 Å². The Morgan fingerprint density at radius 3 is 2.54 bits per heavy atom. The predicted molar refractivity (Wildman–Crippen MR) is 137 cm³/mol. The van der Waals surface area contributed by atoms with Gasteiger partial charge in [-0.25, -0.2) is 4.98 Å². The van der Waals surface area contributed by atoms with Crippen LogP contribution in [0.3, 0.4) is 0 Å². The number of hydrogen-bond acceptors (Lipinski definition) is 5. The van der Waals surface area contributed by atoms with E-state index in [1.54, 1.807) is 14.2 Å². The van der Waals surface area contributed by atoms with E-state index in [4.69, 9.17) is 26.1 Å². The fraction of sp³-hybridized carbons (Fsp3) is 0.214. The molecule has 0 amide bonds. The number of rotatable bonds is 4. The van der Waals surface area contributed by atoms with E-state index in [2.05, 4.69) is 9.88 Å². The standard InChI is InChI=1S/C28H24ClN3O3/c1-34-24-12-11-16(15-25(24)35-2)17-13-21-26(23(33)14-17)27(18-7-3-4-8-19(18)29)32-22-10-6-5-9-20(22)30-28(32)31-21/h3-12,15,17,27H,13-14H2,1-2H3,(H,30,31). The van der Waals surface area contributed by atoms with Crippen molar-refractivity contribution in [3.05, 3.63) is 94.1 Å². The van der Waals surface area contributed by atoms with Crippen molar-refractivity contribution in [3.63, 3.8) is 0 Å². The van der Waals surface area contributed by atoms with E-state index < -0.39 is 0 Å². The number of methoxy groups -OCH3 is 2. The number of hydrogen-bond donors (Lipinski definition) is 1. The molecule has 0 saturated carbocycles. The van der Waals surface area contributed by atoms with Crippen molar-refractivity contribution in [2.24, 2.45) is 0 Å². The molecule has 1 aromatic heterocycles. The molecule has 6 rings (SSSR count). The summed E-state index contributed by atoms with van der Waals surface area (Å²) in [6.07, 6.45) is 1.08. The van der Waals surface area contributed by atoms with Gasteiger partial charge in [0.25, 0.3) is 0 Å². The van der Waals surface area contributed by atoms with E-state index in [-0.39, 0.29) is 17.7 Å². The number of carbonyl (C=O) groups excluding carboxylic acids is 1. The van der Waals surface area contributed by atoms with Gasteiger partial charge in [0.15, 0.2) is 17.3 Å². The van der Waals surface area contributed by atoms with E-state index in [0.717, 1.165) is 39.4 Å². The Bertz CT molecular complexity index is 1510. The lowest BCUT2D eigenvalue weighted by molar-refractivity contribution is -0.116. The van der Waals surface area contributed by atoms with Crippen LogP contribution in [0.25, 0.3) is 11.0 Å². The Hall–Kier alpha value is -3.77. The first-order valence-corrected chi connectivity index (χ1v) is 11.9. The molecule has 0 fully saturated rings. The molecule has 176 valence electrons. The number of para-hydroxylation sites is 2. The second kappa shape index (κ2) is 8.47. The number of allylic oxidation sites excluding steroid dienone is 2. The van der Waals surface area contributed by atoms with E-state index >= 15 is 0 Å². The average Bonchev–Trinajstić information content (AvgIpc) is 3.25. The zero-order valence-electron chi connectivity index (χ0n) is 19.4. The molecule has 3 aromatic carbocycles. The molecule has 4 aromatic rings. The van der Waals surface area contributed by atoms with Gasteiger partial charge in [-0.3, -0.25) is 9.36 Å². The molecule has 0 saturated heterocycles. The van der Waals surface area contributed by atoms with Gasteiger partial charge in [-0.1, -0.05) is 48.0 Å². The van der Waals surface area contributed by atoms with Crippen LogP contribution in [0.5, 0.6) is 11.5 Å². The monoisotopic (exact) mass is 485 g/mol. The summed E-state index contributed by atoms with van der Waals surface area (Å²) in [4.78, 5) is 18.7.